The Kier molecular flexibility index (Phi) is 4.84. The van der Waals surface area contributed by atoms with Crippen molar-refractivity contribution >= 4 is 17.3 Å². The van der Waals surface area contributed by atoms with Gasteiger partial charge in [0.2, 0.25) is 0 Å². The number of nitrogens with one attached hydrogen (secondary N) is 1. The molecule has 3 N–H and O–H groups in total. The zero-order chi connectivity index (χ0) is 14.5. The average Bonchev–Trinajstić information content (AvgIpc) is 2.48. The molecule has 1 aliphatic rings. The van der Waals surface area contributed by atoms with Crippen LogP contribution < -0.4 is 11.1 Å². The maximum absolute atomic E-state index is 11.4. The summed E-state index contributed by atoms with van der Waals surface area (Å²) in [6, 6.07) is 5.67. The third kappa shape index (κ3) is 3.42. The number of hydrogen-bond acceptors (Lipinski definition) is 5. The van der Waals surface area contributed by atoms with Gasteiger partial charge in [-0.3, -0.25) is 0 Å². The van der Waals surface area contributed by atoms with Crippen molar-refractivity contribution < 1.29 is 9.53 Å². The van der Waals surface area contributed by atoms with E-state index >= 15 is 0 Å². The first-order chi connectivity index (χ1) is 9.63. The number of likely N-dealkylation sites (N-methyl/N-ethyl adjacent to an activating group) is 1. The van der Waals surface area contributed by atoms with Gasteiger partial charge in [-0.15, -0.1) is 0 Å². The van der Waals surface area contributed by atoms with Gasteiger partial charge in [0.15, 0.2) is 0 Å². The number of carbonyl (C=O) groups excluding carboxylic acids is 1. The predicted molar refractivity (Wildman–Crippen MR) is 81.0 cm³/mol. The molecule has 1 unspecified atom stereocenters. The van der Waals surface area contributed by atoms with Gasteiger partial charge in [0, 0.05) is 12.6 Å². The normalized spacial score (nSPS) is 19.6. The Labute approximate surface area is 120 Å². The fraction of sp³-hybridized carbons (Fsp3) is 0.533. The van der Waals surface area contributed by atoms with Crippen LogP contribution in [0.2, 0.25) is 0 Å². The maximum atomic E-state index is 11.4. The molecule has 20 heavy (non-hydrogen) atoms. The van der Waals surface area contributed by atoms with Crippen LogP contribution in [0.5, 0.6) is 0 Å². The fourth-order valence-electron chi connectivity index (χ4n) is 2.62. The molecule has 5 nitrogen and oxygen atoms in total. The summed E-state index contributed by atoms with van der Waals surface area (Å²) in [6.07, 6.45) is 2.35. The van der Waals surface area contributed by atoms with E-state index in [-0.39, 0.29) is 5.97 Å². The molecule has 1 aromatic rings. The van der Waals surface area contributed by atoms with Crippen LogP contribution in [0, 0.1) is 0 Å². The second kappa shape index (κ2) is 6.61. The van der Waals surface area contributed by atoms with Gasteiger partial charge in [0.05, 0.1) is 24.0 Å². The molecule has 1 fully saturated rings. The van der Waals surface area contributed by atoms with E-state index < -0.39 is 0 Å². The number of ether oxygens (including phenoxy) is 1. The van der Waals surface area contributed by atoms with E-state index in [9.17, 15) is 4.79 Å². The Hall–Kier alpha value is -1.75. The number of anilines is 2. The molecule has 0 aliphatic carbocycles. The minimum atomic E-state index is -0.363. The van der Waals surface area contributed by atoms with Gasteiger partial charge in [0.25, 0.3) is 0 Å². The number of nitrogens with zero attached hydrogens (tertiary/aromatic N) is 1. The third-order valence-electron chi connectivity index (χ3n) is 3.79. The monoisotopic (exact) mass is 277 g/mol. The van der Waals surface area contributed by atoms with Crippen molar-refractivity contribution in [3.05, 3.63) is 23.8 Å². The molecule has 0 amide bonds. The summed E-state index contributed by atoms with van der Waals surface area (Å²) in [5, 5.41) is 3.48. The predicted octanol–water partition coefficient (Wildman–Crippen LogP) is 1.95. The van der Waals surface area contributed by atoms with Crippen molar-refractivity contribution in [2.45, 2.75) is 25.8 Å². The number of nitrogens with two attached hydrogens (primary N) is 1. The lowest BCUT2D eigenvalue weighted by Crippen LogP contribution is -2.41. The summed E-state index contributed by atoms with van der Waals surface area (Å²) in [7, 11) is 1.37. The third-order valence-corrected chi connectivity index (χ3v) is 3.79. The number of methoxy groups -OCH3 is 1. The molecule has 2 rings (SSSR count). The van der Waals surface area contributed by atoms with Crippen molar-refractivity contribution in [1.29, 1.82) is 0 Å². The van der Waals surface area contributed by atoms with E-state index in [1.165, 1.54) is 20.1 Å². The lowest BCUT2D eigenvalue weighted by atomic mass is 10.0. The molecule has 0 aromatic heterocycles. The smallest absolute Gasteiger partial charge is 0.337 e. The van der Waals surface area contributed by atoms with Crippen LogP contribution in [0.15, 0.2) is 18.2 Å². The molecule has 1 aliphatic heterocycles. The SMILES string of the molecule is CCN1CCCC(Nc2ccc(C(=O)OC)cc2N)C1. The van der Waals surface area contributed by atoms with E-state index in [1.807, 2.05) is 6.07 Å². The molecule has 1 atom stereocenters. The molecule has 0 spiro atoms. The van der Waals surface area contributed by atoms with Crippen LogP contribution in [-0.2, 0) is 4.74 Å². The second-order valence-corrected chi connectivity index (χ2v) is 5.17. The topological polar surface area (TPSA) is 67.6 Å². The summed E-state index contributed by atoms with van der Waals surface area (Å²) in [6.45, 7) is 5.47. The van der Waals surface area contributed by atoms with Gasteiger partial charge < -0.3 is 20.7 Å². The lowest BCUT2D eigenvalue weighted by Gasteiger charge is -2.33. The van der Waals surface area contributed by atoms with Gasteiger partial charge in [-0.25, -0.2) is 4.79 Å². The van der Waals surface area contributed by atoms with E-state index in [0.29, 0.717) is 17.3 Å². The molecule has 1 saturated heterocycles. The van der Waals surface area contributed by atoms with Gasteiger partial charge in [-0.05, 0) is 44.1 Å². The molecule has 1 aromatic carbocycles. The van der Waals surface area contributed by atoms with E-state index in [0.717, 1.165) is 25.2 Å². The van der Waals surface area contributed by atoms with Gasteiger partial charge in [-0.2, -0.15) is 0 Å². The van der Waals surface area contributed by atoms with Gasteiger partial charge in [-0.1, -0.05) is 6.92 Å². The van der Waals surface area contributed by atoms with Crippen LogP contribution in [0.25, 0.3) is 0 Å². The number of esters is 1. The van der Waals surface area contributed by atoms with E-state index in [4.69, 9.17) is 5.73 Å². The van der Waals surface area contributed by atoms with Crippen molar-refractivity contribution in [2.24, 2.45) is 0 Å². The maximum Gasteiger partial charge on any atom is 0.337 e. The Bertz CT molecular complexity index is 476. The van der Waals surface area contributed by atoms with Crippen molar-refractivity contribution in [3.8, 4) is 0 Å². The minimum absolute atomic E-state index is 0.363. The van der Waals surface area contributed by atoms with Crippen molar-refractivity contribution in [2.75, 3.05) is 37.8 Å². The standard InChI is InChI=1S/C15H23N3O2/c1-3-18-8-4-5-12(10-18)17-14-7-6-11(9-13(14)16)15(19)20-2/h6-7,9,12,17H,3-5,8,10,16H2,1-2H3. The Morgan fingerprint density at radius 3 is 3.00 bits per heavy atom. The van der Waals surface area contributed by atoms with E-state index in [2.05, 4.69) is 21.9 Å². The van der Waals surface area contributed by atoms with Crippen LogP contribution in [0.4, 0.5) is 11.4 Å². The van der Waals surface area contributed by atoms with Crippen molar-refractivity contribution in [1.82, 2.24) is 4.90 Å². The molecule has 0 radical (unpaired) electrons. The van der Waals surface area contributed by atoms with Crippen molar-refractivity contribution in [3.63, 3.8) is 0 Å². The van der Waals surface area contributed by atoms with Crippen LogP contribution in [-0.4, -0.2) is 43.7 Å². The van der Waals surface area contributed by atoms with Crippen LogP contribution in [0.3, 0.4) is 0 Å². The number of carbonyl (C=O) groups is 1. The summed E-state index contributed by atoms with van der Waals surface area (Å²) in [4.78, 5) is 13.9. The Balaban J connectivity index is 2.04. The van der Waals surface area contributed by atoms with E-state index in [1.54, 1.807) is 12.1 Å². The molecule has 5 heteroatoms. The molecular weight excluding hydrogens is 254 g/mol. The summed E-state index contributed by atoms with van der Waals surface area (Å²) in [5.74, 6) is -0.363. The van der Waals surface area contributed by atoms with Gasteiger partial charge >= 0.3 is 5.97 Å². The lowest BCUT2D eigenvalue weighted by molar-refractivity contribution is 0.0601. The zero-order valence-corrected chi connectivity index (χ0v) is 12.2. The number of hydrogen-bond donors (Lipinski definition) is 2. The second-order valence-electron chi connectivity index (χ2n) is 5.17. The molecule has 110 valence electrons. The van der Waals surface area contributed by atoms with Gasteiger partial charge in [0.1, 0.15) is 0 Å². The highest BCUT2D eigenvalue weighted by Gasteiger charge is 2.19. The molecular formula is C15H23N3O2. The Morgan fingerprint density at radius 2 is 2.35 bits per heavy atom. The number of rotatable bonds is 4. The first-order valence-corrected chi connectivity index (χ1v) is 7.10. The number of likely N-dealkylation sites (tertiary alicyclic amines) is 1. The summed E-state index contributed by atoms with van der Waals surface area (Å²) in [5.41, 5.74) is 7.97. The first-order valence-electron chi connectivity index (χ1n) is 7.10. The summed E-state index contributed by atoms with van der Waals surface area (Å²) >= 11 is 0. The highest BCUT2D eigenvalue weighted by molar-refractivity contribution is 5.91. The molecule has 1 heterocycles. The number of nitrogen functional groups attached to an aromatic ring is 1. The highest BCUT2D eigenvalue weighted by atomic mass is 16.5. The quantitative estimate of drug-likeness (QED) is 0.650. The number of piperidine rings is 1. The minimum Gasteiger partial charge on any atom is -0.465 e. The zero-order valence-electron chi connectivity index (χ0n) is 12.2. The number of benzene rings is 1. The first kappa shape index (κ1) is 14.7. The van der Waals surface area contributed by atoms with Crippen LogP contribution >= 0.6 is 0 Å². The van der Waals surface area contributed by atoms with Crippen LogP contribution in [0.1, 0.15) is 30.1 Å². The Morgan fingerprint density at radius 1 is 1.55 bits per heavy atom. The fourth-order valence-corrected chi connectivity index (χ4v) is 2.62. The highest BCUT2D eigenvalue weighted by Crippen LogP contribution is 2.23. The molecule has 0 saturated carbocycles. The summed E-state index contributed by atoms with van der Waals surface area (Å²) < 4.78 is 4.69. The largest absolute Gasteiger partial charge is 0.465 e. The molecule has 0 bridgehead atoms. The average molecular weight is 277 g/mol.